The summed E-state index contributed by atoms with van der Waals surface area (Å²) in [4.78, 5) is 18.5. The number of benzene rings is 2. The molecule has 4 nitrogen and oxygen atoms in total. The van der Waals surface area contributed by atoms with E-state index in [1.54, 1.807) is 12.1 Å². The zero-order chi connectivity index (χ0) is 18.5. The van der Waals surface area contributed by atoms with Crippen molar-refractivity contribution in [3.05, 3.63) is 89.6 Å². The first-order valence-electron chi connectivity index (χ1n) is 8.00. The Hall–Kier alpha value is -3.28. The number of amides is 1. The molecule has 1 heterocycles. The van der Waals surface area contributed by atoms with E-state index < -0.39 is 17.5 Å². The third-order valence-corrected chi connectivity index (χ3v) is 3.84. The first kappa shape index (κ1) is 17.5. The molecule has 2 aromatic carbocycles. The Balaban J connectivity index is 1.66. The van der Waals surface area contributed by atoms with Crippen molar-refractivity contribution >= 4 is 17.4 Å². The Morgan fingerprint density at radius 3 is 2.46 bits per heavy atom. The maximum atomic E-state index is 13.2. The van der Waals surface area contributed by atoms with Gasteiger partial charge in [-0.3, -0.25) is 4.79 Å². The van der Waals surface area contributed by atoms with Gasteiger partial charge in [0, 0.05) is 31.5 Å². The van der Waals surface area contributed by atoms with Crippen LogP contribution in [0, 0.1) is 11.6 Å². The predicted octanol–water partition coefficient (Wildman–Crippen LogP) is 4.25. The van der Waals surface area contributed by atoms with E-state index in [1.165, 1.54) is 12.3 Å². The van der Waals surface area contributed by atoms with Crippen molar-refractivity contribution in [2.24, 2.45) is 0 Å². The number of hydrogen-bond donors (Lipinski definition) is 1. The highest BCUT2D eigenvalue weighted by Gasteiger charge is 2.10. The van der Waals surface area contributed by atoms with Crippen LogP contribution in [-0.2, 0) is 6.54 Å². The molecule has 132 valence electrons. The summed E-state index contributed by atoms with van der Waals surface area (Å²) in [6, 6.07) is 16.5. The van der Waals surface area contributed by atoms with Crippen LogP contribution >= 0.6 is 0 Å². The number of rotatable bonds is 5. The fourth-order valence-corrected chi connectivity index (χ4v) is 2.46. The monoisotopic (exact) mass is 353 g/mol. The molecule has 1 aromatic heterocycles. The number of nitrogens with one attached hydrogen (secondary N) is 1. The van der Waals surface area contributed by atoms with E-state index in [0.29, 0.717) is 12.1 Å². The van der Waals surface area contributed by atoms with Gasteiger partial charge in [0.05, 0.1) is 5.56 Å². The highest BCUT2D eigenvalue weighted by atomic mass is 19.2. The van der Waals surface area contributed by atoms with Gasteiger partial charge in [-0.1, -0.05) is 30.3 Å². The fourth-order valence-electron chi connectivity index (χ4n) is 2.46. The molecule has 6 heteroatoms. The van der Waals surface area contributed by atoms with Gasteiger partial charge in [0.25, 0.3) is 5.91 Å². The van der Waals surface area contributed by atoms with Crippen LogP contribution in [0.5, 0.6) is 0 Å². The summed E-state index contributed by atoms with van der Waals surface area (Å²) in [6.45, 7) is 0.689. The summed E-state index contributed by atoms with van der Waals surface area (Å²) < 4.78 is 26.1. The number of pyridine rings is 1. The van der Waals surface area contributed by atoms with Gasteiger partial charge in [-0.15, -0.1) is 0 Å². The Kier molecular flexibility index (Phi) is 5.22. The normalized spacial score (nSPS) is 10.4. The molecule has 0 atom stereocenters. The molecule has 0 radical (unpaired) electrons. The second-order valence-electron chi connectivity index (χ2n) is 5.83. The largest absolute Gasteiger partial charge is 0.355 e. The maximum Gasteiger partial charge on any atom is 0.257 e. The topological polar surface area (TPSA) is 45.2 Å². The average molecular weight is 353 g/mol. The summed E-state index contributed by atoms with van der Waals surface area (Å²) in [7, 11) is 1.91. The standard InChI is InChI=1S/C20H17F2N3O/c1-25(13-14-5-3-2-4-6-14)19-10-7-15(12-23-19)20(26)24-16-8-9-17(21)18(22)11-16/h2-12H,13H2,1H3,(H,24,26). The number of anilines is 2. The van der Waals surface area contributed by atoms with Crippen molar-refractivity contribution in [2.45, 2.75) is 6.54 Å². The highest BCUT2D eigenvalue weighted by molar-refractivity contribution is 6.04. The minimum Gasteiger partial charge on any atom is -0.355 e. The number of carbonyl (C=O) groups is 1. The van der Waals surface area contributed by atoms with Crippen LogP contribution in [0.1, 0.15) is 15.9 Å². The number of hydrogen-bond acceptors (Lipinski definition) is 3. The molecule has 0 fully saturated rings. The number of halogens is 2. The van der Waals surface area contributed by atoms with Crippen molar-refractivity contribution < 1.29 is 13.6 Å². The first-order chi connectivity index (χ1) is 12.5. The molecule has 0 aliphatic carbocycles. The zero-order valence-electron chi connectivity index (χ0n) is 14.1. The second kappa shape index (κ2) is 7.74. The molecule has 26 heavy (non-hydrogen) atoms. The quantitative estimate of drug-likeness (QED) is 0.746. The van der Waals surface area contributed by atoms with Gasteiger partial charge < -0.3 is 10.2 Å². The molecule has 1 amide bonds. The predicted molar refractivity (Wildman–Crippen MR) is 97.1 cm³/mol. The number of carbonyl (C=O) groups excluding carboxylic acids is 1. The molecular formula is C20H17F2N3O. The molecule has 0 spiro atoms. The molecule has 0 aliphatic heterocycles. The Bertz CT molecular complexity index is 899. The van der Waals surface area contributed by atoms with Gasteiger partial charge >= 0.3 is 0 Å². The minimum absolute atomic E-state index is 0.180. The van der Waals surface area contributed by atoms with Crippen LogP contribution in [0.15, 0.2) is 66.9 Å². The molecule has 0 bridgehead atoms. The molecule has 3 aromatic rings. The van der Waals surface area contributed by atoms with E-state index in [0.717, 1.165) is 23.5 Å². The van der Waals surface area contributed by atoms with Gasteiger partial charge in [0.2, 0.25) is 0 Å². The van der Waals surface area contributed by atoms with Crippen LogP contribution in [0.25, 0.3) is 0 Å². The highest BCUT2D eigenvalue weighted by Crippen LogP contribution is 2.16. The SMILES string of the molecule is CN(Cc1ccccc1)c1ccc(C(=O)Nc2ccc(F)c(F)c2)cn1. The Morgan fingerprint density at radius 1 is 1.04 bits per heavy atom. The Morgan fingerprint density at radius 2 is 1.81 bits per heavy atom. The number of nitrogens with zero attached hydrogens (tertiary/aromatic N) is 2. The third-order valence-electron chi connectivity index (χ3n) is 3.84. The average Bonchev–Trinajstić information content (AvgIpc) is 2.65. The lowest BCUT2D eigenvalue weighted by Gasteiger charge is -2.18. The van der Waals surface area contributed by atoms with Gasteiger partial charge in [-0.05, 0) is 29.8 Å². The Labute approximate surface area is 150 Å². The summed E-state index contributed by atoms with van der Waals surface area (Å²) in [6.07, 6.45) is 1.45. The van der Waals surface area contributed by atoms with Crippen molar-refractivity contribution in [1.29, 1.82) is 0 Å². The van der Waals surface area contributed by atoms with Crippen molar-refractivity contribution in [3.63, 3.8) is 0 Å². The van der Waals surface area contributed by atoms with Gasteiger partial charge in [-0.2, -0.15) is 0 Å². The van der Waals surface area contributed by atoms with E-state index in [-0.39, 0.29) is 5.69 Å². The van der Waals surface area contributed by atoms with Crippen molar-refractivity contribution in [3.8, 4) is 0 Å². The summed E-state index contributed by atoms with van der Waals surface area (Å²) in [5.74, 6) is -1.70. The van der Waals surface area contributed by atoms with E-state index >= 15 is 0 Å². The van der Waals surface area contributed by atoms with E-state index in [4.69, 9.17) is 0 Å². The van der Waals surface area contributed by atoms with Gasteiger partial charge in [0.1, 0.15) is 5.82 Å². The fraction of sp³-hybridized carbons (Fsp3) is 0.100. The molecule has 0 saturated heterocycles. The van der Waals surface area contributed by atoms with E-state index in [9.17, 15) is 13.6 Å². The lowest BCUT2D eigenvalue weighted by Crippen LogP contribution is -2.18. The minimum atomic E-state index is -1.01. The summed E-state index contributed by atoms with van der Waals surface area (Å²) in [5.41, 5.74) is 1.66. The first-order valence-corrected chi connectivity index (χ1v) is 8.00. The van der Waals surface area contributed by atoms with Gasteiger partial charge in [-0.25, -0.2) is 13.8 Å². The van der Waals surface area contributed by atoms with Crippen LogP contribution in [-0.4, -0.2) is 17.9 Å². The van der Waals surface area contributed by atoms with Crippen LogP contribution < -0.4 is 10.2 Å². The van der Waals surface area contributed by atoms with Crippen molar-refractivity contribution in [1.82, 2.24) is 4.98 Å². The molecule has 0 saturated carbocycles. The smallest absolute Gasteiger partial charge is 0.257 e. The van der Waals surface area contributed by atoms with Crippen molar-refractivity contribution in [2.75, 3.05) is 17.3 Å². The molecule has 3 rings (SSSR count). The second-order valence-corrected chi connectivity index (χ2v) is 5.83. The van der Waals surface area contributed by atoms with E-state index in [1.807, 2.05) is 42.3 Å². The number of aromatic nitrogens is 1. The third kappa shape index (κ3) is 4.22. The zero-order valence-corrected chi connectivity index (χ0v) is 14.1. The summed E-state index contributed by atoms with van der Waals surface area (Å²) in [5, 5.41) is 2.52. The van der Waals surface area contributed by atoms with Gasteiger partial charge in [0.15, 0.2) is 11.6 Å². The van der Waals surface area contributed by atoms with E-state index in [2.05, 4.69) is 10.3 Å². The lowest BCUT2D eigenvalue weighted by molar-refractivity contribution is 0.102. The van der Waals surface area contributed by atoms with Crippen LogP contribution in [0.2, 0.25) is 0 Å². The molecule has 0 aliphatic rings. The van der Waals surface area contributed by atoms with Crippen LogP contribution in [0.4, 0.5) is 20.3 Å². The molecule has 1 N–H and O–H groups in total. The molecule has 0 unspecified atom stereocenters. The lowest BCUT2D eigenvalue weighted by atomic mass is 10.2. The molecular weight excluding hydrogens is 336 g/mol. The summed E-state index contributed by atoms with van der Waals surface area (Å²) >= 11 is 0. The van der Waals surface area contributed by atoms with Crippen LogP contribution in [0.3, 0.4) is 0 Å². The maximum absolute atomic E-state index is 13.2.